The molecular formula is C27H30N7O3+. The van der Waals surface area contributed by atoms with Crippen LogP contribution < -0.4 is 5.32 Å². The Labute approximate surface area is 215 Å². The lowest BCUT2D eigenvalue weighted by Crippen LogP contribution is -2.44. The Balaban J connectivity index is 1.54. The molecule has 2 atom stereocenters. The van der Waals surface area contributed by atoms with Crippen molar-refractivity contribution in [2.75, 3.05) is 25.5 Å². The zero-order valence-electron chi connectivity index (χ0n) is 21.2. The first kappa shape index (κ1) is 25.7. The number of hydrogen-bond acceptors (Lipinski definition) is 6. The molecule has 1 fully saturated rings. The molecular weight excluding hydrogens is 470 g/mol. The fourth-order valence-electron chi connectivity index (χ4n) is 4.65. The predicted octanol–water partition coefficient (Wildman–Crippen LogP) is 3.02. The number of rotatable bonds is 6. The van der Waals surface area contributed by atoms with Gasteiger partial charge in [0.2, 0.25) is 24.0 Å². The maximum atomic E-state index is 13.1. The van der Waals surface area contributed by atoms with Gasteiger partial charge in [-0.15, -0.1) is 0 Å². The smallest absolute Gasteiger partial charge is 0.335 e. The number of benzene rings is 1. The van der Waals surface area contributed by atoms with Crippen molar-refractivity contribution in [2.24, 2.45) is 11.8 Å². The second-order valence-electron chi connectivity index (χ2n) is 9.43. The maximum absolute atomic E-state index is 13.1. The molecule has 1 aliphatic rings. The number of fused-ring (bicyclic) bond motifs is 1. The average molecular weight is 501 g/mol. The lowest BCUT2D eigenvalue weighted by molar-refractivity contribution is -0.405. The van der Waals surface area contributed by atoms with Gasteiger partial charge in [0.15, 0.2) is 5.65 Å². The van der Waals surface area contributed by atoms with Gasteiger partial charge in [0, 0.05) is 37.8 Å². The van der Waals surface area contributed by atoms with Crippen molar-refractivity contribution < 1.29 is 19.0 Å². The van der Waals surface area contributed by atoms with E-state index >= 15 is 0 Å². The van der Waals surface area contributed by atoms with Crippen LogP contribution in [0.2, 0.25) is 0 Å². The Morgan fingerprint density at radius 3 is 2.65 bits per heavy atom. The molecule has 10 heteroatoms. The Hall–Kier alpha value is -4.39. The summed E-state index contributed by atoms with van der Waals surface area (Å²) < 4.78 is 3.46. The second kappa shape index (κ2) is 11.1. The van der Waals surface area contributed by atoms with Crippen LogP contribution in [0, 0.1) is 23.2 Å². The van der Waals surface area contributed by atoms with Crippen LogP contribution in [0.1, 0.15) is 37.0 Å². The molecule has 1 aromatic carbocycles. The van der Waals surface area contributed by atoms with Crippen molar-refractivity contribution >= 4 is 46.5 Å². The van der Waals surface area contributed by atoms with Gasteiger partial charge in [-0.05, 0) is 41.1 Å². The van der Waals surface area contributed by atoms with Crippen LogP contribution in [0.15, 0.2) is 42.9 Å². The summed E-state index contributed by atoms with van der Waals surface area (Å²) >= 11 is 0. The van der Waals surface area contributed by atoms with E-state index in [1.165, 1.54) is 17.8 Å². The molecule has 4 rings (SSSR count). The van der Waals surface area contributed by atoms with Gasteiger partial charge >= 0.3 is 5.82 Å². The molecule has 3 heterocycles. The van der Waals surface area contributed by atoms with Crippen LogP contribution in [0.3, 0.4) is 0 Å². The highest BCUT2D eigenvalue weighted by Gasteiger charge is 2.29. The summed E-state index contributed by atoms with van der Waals surface area (Å²) in [6.07, 6.45) is 6.15. The Morgan fingerprint density at radius 1 is 1.19 bits per heavy atom. The molecule has 0 radical (unpaired) electrons. The number of likely N-dealkylation sites (tertiary alicyclic amines) is 1. The van der Waals surface area contributed by atoms with E-state index in [1.54, 1.807) is 23.2 Å². The molecule has 1 unspecified atom stereocenters. The number of aromatic nitrogens is 3. The Bertz CT molecular complexity index is 1400. The largest absolute Gasteiger partial charge is 0.341 e. The molecule has 0 saturated carbocycles. The summed E-state index contributed by atoms with van der Waals surface area (Å²) in [4.78, 5) is 47.1. The third-order valence-corrected chi connectivity index (χ3v) is 6.71. The molecule has 2 amide bonds. The first-order valence-corrected chi connectivity index (χ1v) is 12.2. The highest BCUT2D eigenvalue weighted by Crippen LogP contribution is 2.26. The molecule has 3 aromatic rings. The maximum Gasteiger partial charge on any atom is 0.335 e. The number of nitrogens with one attached hydrogen (secondary N) is 1. The molecule has 1 saturated heterocycles. The fraction of sp³-hybridized carbons (Fsp3) is 0.370. The summed E-state index contributed by atoms with van der Waals surface area (Å²) in [5, 5.41) is 12.3. The van der Waals surface area contributed by atoms with Crippen molar-refractivity contribution in [1.29, 1.82) is 5.26 Å². The molecule has 1 aliphatic heterocycles. The normalized spacial score (nSPS) is 17.9. The van der Waals surface area contributed by atoms with Gasteiger partial charge in [-0.25, -0.2) is 4.58 Å². The predicted molar refractivity (Wildman–Crippen MR) is 139 cm³/mol. The summed E-state index contributed by atoms with van der Waals surface area (Å²) in [5.74, 6) is 0.725. The second-order valence-corrected chi connectivity index (χ2v) is 9.43. The molecule has 37 heavy (non-hydrogen) atoms. The standard InChI is InChI=1S/C27H29N7O3/c1-18-9-12-33(24(36)8-11-28)16-21(18)15-32(3)26-23-10-13-34(27(23)30-17-29-26)25(37)14-20-4-6-22(7-5-20)31-19(2)35/h4-7,10,13,15,17-18,21H,8-9,12,14,16H2,1-3H3/p+1/b32-15-/t18-,21?/m1/s1. The average Bonchev–Trinajstić information content (AvgIpc) is 3.31. The molecule has 10 nitrogen and oxygen atoms in total. The number of amides is 2. The number of carbonyl (C=O) groups is 3. The van der Waals surface area contributed by atoms with Gasteiger partial charge in [0.25, 0.3) is 0 Å². The van der Waals surface area contributed by atoms with Crippen molar-refractivity contribution in [2.45, 2.75) is 33.1 Å². The van der Waals surface area contributed by atoms with Crippen molar-refractivity contribution in [1.82, 2.24) is 19.4 Å². The van der Waals surface area contributed by atoms with E-state index in [9.17, 15) is 14.4 Å². The van der Waals surface area contributed by atoms with Gasteiger partial charge in [0.05, 0.1) is 25.8 Å². The number of anilines is 1. The number of hydrogen-bond donors (Lipinski definition) is 1. The lowest BCUT2D eigenvalue weighted by Gasteiger charge is -2.34. The fourth-order valence-corrected chi connectivity index (χ4v) is 4.65. The molecule has 0 aliphatic carbocycles. The van der Waals surface area contributed by atoms with Crippen LogP contribution in [0.5, 0.6) is 0 Å². The minimum Gasteiger partial charge on any atom is -0.341 e. The van der Waals surface area contributed by atoms with E-state index in [4.69, 9.17) is 5.26 Å². The minimum absolute atomic E-state index is 0.107. The van der Waals surface area contributed by atoms with Crippen LogP contribution in [-0.2, 0) is 16.0 Å². The van der Waals surface area contributed by atoms with Crippen LogP contribution in [-0.4, -0.2) is 68.1 Å². The van der Waals surface area contributed by atoms with E-state index < -0.39 is 0 Å². The van der Waals surface area contributed by atoms with E-state index in [1.807, 2.05) is 35.9 Å². The Kier molecular flexibility index (Phi) is 7.72. The van der Waals surface area contributed by atoms with Gasteiger partial charge in [0.1, 0.15) is 11.8 Å². The molecule has 190 valence electrons. The van der Waals surface area contributed by atoms with Gasteiger partial charge in [-0.2, -0.15) is 10.2 Å². The van der Waals surface area contributed by atoms with Gasteiger partial charge in [-0.1, -0.05) is 19.1 Å². The molecule has 0 spiro atoms. The van der Waals surface area contributed by atoms with Gasteiger partial charge in [-0.3, -0.25) is 19.0 Å². The van der Waals surface area contributed by atoms with E-state index in [-0.39, 0.29) is 36.5 Å². The first-order valence-electron chi connectivity index (χ1n) is 12.2. The summed E-state index contributed by atoms with van der Waals surface area (Å²) in [6, 6.07) is 10.9. The summed E-state index contributed by atoms with van der Waals surface area (Å²) in [7, 11) is 1.90. The third kappa shape index (κ3) is 5.89. The van der Waals surface area contributed by atoms with E-state index in [0.717, 1.165) is 17.4 Å². The number of carbonyl (C=O) groups excluding carboxylic acids is 3. The lowest BCUT2D eigenvalue weighted by atomic mass is 9.87. The van der Waals surface area contributed by atoms with Crippen molar-refractivity contribution in [3.8, 4) is 6.07 Å². The zero-order valence-corrected chi connectivity index (χ0v) is 21.2. The molecule has 2 aromatic heterocycles. The van der Waals surface area contributed by atoms with Crippen LogP contribution in [0.25, 0.3) is 11.0 Å². The van der Waals surface area contributed by atoms with Crippen LogP contribution >= 0.6 is 0 Å². The number of nitriles is 1. The summed E-state index contributed by atoms with van der Waals surface area (Å²) in [6.45, 7) is 4.83. The quantitative estimate of drug-likeness (QED) is 0.410. The van der Waals surface area contributed by atoms with E-state index in [0.29, 0.717) is 36.2 Å². The highest BCUT2D eigenvalue weighted by atomic mass is 16.2. The zero-order chi connectivity index (χ0) is 26.5. The molecule has 1 N–H and O–H groups in total. The van der Waals surface area contributed by atoms with Crippen molar-refractivity contribution in [3.63, 3.8) is 0 Å². The monoisotopic (exact) mass is 500 g/mol. The van der Waals surface area contributed by atoms with Crippen molar-refractivity contribution in [3.05, 3.63) is 48.4 Å². The summed E-state index contributed by atoms with van der Waals surface area (Å²) in [5.41, 5.74) is 2.02. The van der Waals surface area contributed by atoms with Crippen LogP contribution in [0.4, 0.5) is 11.5 Å². The SMILES string of the molecule is CC(=O)Nc1ccc(CC(=O)n2ccc3c(/[N+](C)=C\C4CN(C(=O)CC#N)CC[C@H]4C)ncnc32)cc1. The van der Waals surface area contributed by atoms with E-state index in [2.05, 4.69) is 28.4 Å². The third-order valence-electron chi connectivity index (χ3n) is 6.71. The topological polar surface area (TPSA) is 124 Å². The Morgan fingerprint density at radius 2 is 1.95 bits per heavy atom. The minimum atomic E-state index is -0.150. The number of piperidine rings is 1. The highest BCUT2D eigenvalue weighted by molar-refractivity contribution is 5.94. The van der Waals surface area contributed by atoms with Gasteiger partial charge < -0.3 is 10.2 Å². The first-order chi connectivity index (χ1) is 17.8. The molecule has 0 bridgehead atoms. The number of nitrogens with zero attached hydrogens (tertiary/aromatic N) is 6.